The molecule has 0 radical (unpaired) electrons. The van der Waals surface area contributed by atoms with Crippen LogP contribution in [0.5, 0.6) is 0 Å². The number of carbonyl (C=O) groups is 1. The van der Waals surface area contributed by atoms with Crippen LogP contribution in [0.15, 0.2) is 18.2 Å². The van der Waals surface area contributed by atoms with E-state index in [0.717, 1.165) is 30.1 Å². The number of urea groups is 1. The van der Waals surface area contributed by atoms with Crippen molar-refractivity contribution in [1.82, 2.24) is 10.2 Å². The van der Waals surface area contributed by atoms with E-state index in [4.69, 9.17) is 4.74 Å². The van der Waals surface area contributed by atoms with Crippen LogP contribution in [0.2, 0.25) is 0 Å². The number of hydrogen-bond acceptors (Lipinski definition) is 3. The fourth-order valence-electron chi connectivity index (χ4n) is 3.01. The Bertz CT molecular complexity index is 581. The van der Waals surface area contributed by atoms with Gasteiger partial charge in [0.05, 0.1) is 6.04 Å². The van der Waals surface area contributed by atoms with E-state index in [2.05, 4.69) is 5.32 Å². The van der Waals surface area contributed by atoms with E-state index in [1.165, 1.54) is 6.07 Å². The van der Waals surface area contributed by atoms with Gasteiger partial charge in [-0.1, -0.05) is 6.07 Å². The Balaban J connectivity index is 1.66. The molecule has 0 saturated carbocycles. The Kier molecular flexibility index (Phi) is 5.06. The minimum Gasteiger partial charge on any atom is -0.371 e. The molecule has 2 aliphatic rings. The summed E-state index contributed by atoms with van der Waals surface area (Å²) in [4.78, 5) is 14.1. The van der Waals surface area contributed by atoms with Gasteiger partial charge in [-0.05, 0) is 36.3 Å². The number of rotatable bonds is 3. The van der Waals surface area contributed by atoms with Crippen molar-refractivity contribution in [3.63, 3.8) is 0 Å². The summed E-state index contributed by atoms with van der Waals surface area (Å²) in [7, 11) is 1.80. The first-order chi connectivity index (χ1) is 11.1. The van der Waals surface area contributed by atoms with Gasteiger partial charge in [0.1, 0.15) is 6.10 Å². The van der Waals surface area contributed by atoms with Gasteiger partial charge < -0.3 is 15.0 Å². The monoisotopic (exact) mass is 342 g/mol. The molecule has 2 heterocycles. The molecule has 3 rings (SSSR count). The fraction of sp³-hybridized carbons (Fsp3) is 0.562. The highest BCUT2D eigenvalue weighted by Crippen LogP contribution is 2.30. The van der Waals surface area contributed by atoms with E-state index in [0.29, 0.717) is 18.6 Å². The average molecular weight is 342 g/mol. The topological polar surface area (TPSA) is 41.6 Å². The van der Waals surface area contributed by atoms with Gasteiger partial charge in [-0.2, -0.15) is 11.8 Å². The predicted octanol–water partition coefficient (Wildman–Crippen LogP) is 2.94. The number of thioether (sulfide) groups is 1. The van der Waals surface area contributed by atoms with E-state index >= 15 is 0 Å². The van der Waals surface area contributed by atoms with Crippen LogP contribution in [0.3, 0.4) is 0 Å². The SMILES string of the molecule is CN(C(=O)N[C@@H]1CCO[C@@H]1c1ccc(F)c(F)c1)[C@H]1CCSC1. The summed E-state index contributed by atoms with van der Waals surface area (Å²) < 4.78 is 32.1. The standard InChI is InChI=1S/C16H20F2N2O2S/c1-20(11-5-7-23-9-11)16(21)19-14-4-6-22-15(14)10-2-3-12(17)13(18)8-10/h2-3,8,11,14-15H,4-7,9H2,1H3,(H,19,21)/t11-,14+,15+/m0/s1. The molecule has 1 N–H and O–H groups in total. The zero-order valence-electron chi connectivity index (χ0n) is 12.9. The number of nitrogens with zero attached hydrogens (tertiary/aromatic N) is 1. The summed E-state index contributed by atoms with van der Waals surface area (Å²) >= 11 is 1.85. The smallest absolute Gasteiger partial charge is 0.317 e. The molecule has 2 fully saturated rings. The molecule has 126 valence electrons. The second-order valence-electron chi connectivity index (χ2n) is 5.94. The summed E-state index contributed by atoms with van der Waals surface area (Å²) in [6.07, 6.45) is 1.21. The molecule has 0 aromatic heterocycles. The van der Waals surface area contributed by atoms with Crippen LogP contribution in [0, 0.1) is 11.6 Å². The zero-order chi connectivity index (χ0) is 16.4. The molecule has 0 aliphatic carbocycles. The Morgan fingerprint density at radius 2 is 2.17 bits per heavy atom. The van der Waals surface area contributed by atoms with Gasteiger partial charge in [-0.15, -0.1) is 0 Å². The fourth-order valence-corrected chi connectivity index (χ4v) is 4.28. The van der Waals surface area contributed by atoms with Crippen molar-refractivity contribution in [2.45, 2.75) is 31.0 Å². The Morgan fingerprint density at radius 1 is 1.35 bits per heavy atom. The molecule has 0 spiro atoms. The van der Waals surface area contributed by atoms with E-state index in [1.807, 2.05) is 11.8 Å². The number of benzene rings is 1. The van der Waals surface area contributed by atoms with Crippen LogP contribution in [0.4, 0.5) is 13.6 Å². The van der Waals surface area contributed by atoms with Crippen molar-refractivity contribution in [2.24, 2.45) is 0 Å². The molecule has 0 unspecified atom stereocenters. The molecule has 3 atom stereocenters. The molecule has 1 aromatic carbocycles. The first-order valence-electron chi connectivity index (χ1n) is 7.74. The first kappa shape index (κ1) is 16.5. The highest BCUT2D eigenvalue weighted by atomic mass is 32.2. The largest absolute Gasteiger partial charge is 0.371 e. The maximum absolute atomic E-state index is 13.4. The third-order valence-electron chi connectivity index (χ3n) is 4.45. The zero-order valence-corrected chi connectivity index (χ0v) is 13.7. The minimum atomic E-state index is -0.900. The lowest BCUT2D eigenvalue weighted by atomic mass is 10.0. The third kappa shape index (κ3) is 3.61. The summed E-state index contributed by atoms with van der Waals surface area (Å²) in [6.45, 7) is 0.484. The molecule has 2 amide bonds. The second-order valence-corrected chi connectivity index (χ2v) is 7.09. The van der Waals surface area contributed by atoms with Crippen molar-refractivity contribution in [3.8, 4) is 0 Å². The lowest BCUT2D eigenvalue weighted by Crippen LogP contribution is -2.48. The second kappa shape index (κ2) is 7.05. The number of amides is 2. The lowest BCUT2D eigenvalue weighted by Gasteiger charge is -2.27. The molecular formula is C16H20F2N2O2S. The van der Waals surface area contributed by atoms with Gasteiger partial charge in [-0.25, -0.2) is 13.6 Å². The summed E-state index contributed by atoms with van der Waals surface area (Å²) in [5.41, 5.74) is 0.547. The Labute approximate surface area is 138 Å². The van der Waals surface area contributed by atoms with Crippen LogP contribution >= 0.6 is 11.8 Å². The number of carbonyl (C=O) groups excluding carboxylic acids is 1. The summed E-state index contributed by atoms with van der Waals surface area (Å²) in [6, 6.07) is 3.62. The molecule has 7 heteroatoms. The molecule has 23 heavy (non-hydrogen) atoms. The number of nitrogens with one attached hydrogen (secondary N) is 1. The van der Waals surface area contributed by atoms with E-state index in [1.54, 1.807) is 11.9 Å². The number of hydrogen-bond donors (Lipinski definition) is 1. The van der Waals surface area contributed by atoms with E-state index in [9.17, 15) is 13.6 Å². The third-order valence-corrected chi connectivity index (χ3v) is 5.59. The number of halogens is 2. The molecule has 2 aliphatic heterocycles. The Morgan fingerprint density at radius 3 is 2.87 bits per heavy atom. The molecular weight excluding hydrogens is 322 g/mol. The van der Waals surface area contributed by atoms with Gasteiger partial charge in [0.15, 0.2) is 11.6 Å². The van der Waals surface area contributed by atoms with Crippen LogP contribution in [0.1, 0.15) is 24.5 Å². The van der Waals surface area contributed by atoms with Crippen LogP contribution in [0.25, 0.3) is 0 Å². The van der Waals surface area contributed by atoms with E-state index in [-0.39, 0.29) is 18.1 Å². The molecule has 0 bridgehead atoms. The average Bonchev–Trinajstić information content (AvgIpc) is 3.20. The Hall–Kier alpha value is -1.34. The quantitative estimate of drug-likeness (QED) is 0.918. The van der Waals surface area contributed by atoms with Crippen LogP contribution in [-0.4, -0.2) is 48.2 Å². The summed E-state index contributed by atoms with van der Waals surface area (Å²) in [5.74, 6) is 0.248. The van der Waals surface area contributed by atoms with Crippen LogP contribution < -0.4 is 5.32 Å². The lowest BCUT2D eigenvalue weighted by molar-refractivity contribution is 0.0975. The highest BCUT2D eigenvalue weighted by Gasteiger charge is 2.33. The maximum Gasteiger partial charge on any atom is 0.317 e. The van der Waals surface area contributed by atoms with Gasteiger partial charge in [0, 0.05) is 25.4 Å². The van der Waals surface area contributed by atoms with Gasteiger partial charge in [0.2, 0.25) is 0 Å². The molecule has 1 aromatic rings. The number of ether oxygens (including phenoxy) is 1. The van der Waals surface area contributed by atoms with Crippen molar-refractivity contribution in [2.75, 3.05) is 25.2 Å². The van der Waals surface area contributed by atoms with Gasteiger partial charge >= 0.3 is 6.03 Å². The predicted molar refractivity (Wildman–Crippen MR) is 85.5 cm³/mol. The van der Waals surface area contributed by atoms with Crippen LogP contribution in [-0.2, 0) is 4.74 Å². The first-order valence-corrected chi connectivity index (χ1v) is 8.89. The van der Waals surface area contributed by atoms with Crippen molar-refractivity contribution >= 4 is 17.8 Å². The van der Waals surface area contributed by atoms with Gasteiger partial charge in [0.25, 0.3) is 0 Å². The van der Waals surface area contributed by atoms with E-state index < -0.39 is 17.7 Å². The molecule has 4 nitrogen and oxygen atoms in total. The maximum atomic E-state index is 13.4. The normalized spacial score (nSPS) is 27.2. The van der Waals surface area contributed by atoms with Crippen molar-refractivity contribution in [3.05, 3.63) is 35.4 Å². The van der Waals surface area contributed by atoms with Crippen molar-refractivity contribution in [1.29, 1.82) is 0 Å². The molecule has 2 saturated heterocycles. The highest BCUT2D eigenvalue weighted by molar-refractivity contribution is 7.99. The van der Waals surface area contributed by atoms with Gasteiger partial charge in [-0.3, -0.25) is 0 Å². The summed E-state index contributed by atoms with van der Waals surface area (Å²) in [5, 5.41) is 2.97. The van der Waals surface area contributed by atoms with Crippen molar-refractivity contribution < 1.29 is 18.3 Å². The minimum absolute atomic E-state index is 0.138.